The maximum Gasteiger partial charge on any atom is 0.328 e. The van der Waals surface area contributed by atoms with E-state index in [0.717, 1.165) is 29.8 Å². The Morgan fingerprint density at radius 3 is 2.53 bits per heavy atom. The number of carbonyl (C=O) groups is 2. The fourth-order valence-electron chi connectivity index (χ4n) is 3.83. The van der Waals surface area contributed by atoms with Crippen LogP contribution in [0.15, 0.2) is 42.5 Å². The predicted octanol–water partition coefficient (Wildman–Crippen LogP) is 2.80. The number of nitrogens with one attached hydrogen (secondary N) is 1. The van der Waals surface area contributed by atoms with Gasteiger partial charge in [-0.3, -0.25) is 14.3 Å². The first-order chi connectivity index (χ1) is 15.2. The van der Waals surface area contributed by atoms with E-state index in [1.165, 1.54) is 4.68 Å². The Kier molecular flexibility index (Phi) is 5.99. The lowest BCUT2D eigenvalue weighted by Gasteiger charge is -2.24. The lowest BCUT2D eigenvalue weighted by Crippen LogP contribution is -2.33. The molecule has 1 aromatic heterocycles. The highest BCUT2D eigenvalue weighted by molar-refractivity contribution is 6.05. The number of fused-ring (bicyclic) bond motifs is 1. The van der Waals surface area contributed by atoms with Crippen LogP contribution >= 0.6 is 0 Å². The molecular formula is C24H28N4O4. The van der Waals surface area contributed by atoms with Crippen molar-refractivity contribution in [2.45, 2.75) is 39.0 Å². The van der Waals surface area contributed by atoms with Crippen LogP contribution in [0.25, 0.3) is 22.0 Å². The van der Waals surface area contributed by atoms with Crippen LogP contribution in [-0.2, 0) is 20.8 Å². The number of ether oxygens (including phenoxy) is 2. The van der Waals surface area contributed by atoms with Gasteiger partial charge in [0.1, 0.15) is 12.1 Å². The normalized spacial score (nSPS) is 16.8. The Morgan fingerprint density at radius 2 is 1.91 bits per heavy atom. The largest absolute Gasteiger partial charge is 0.459 e. The summed E-state index contributed by atoms with van der Waals surface area (Å²) in [6, 6.07) is 13.8. The molecule has 4 rings (SSSR count). The Hall–Kier alpha value is -3.23. The van der Waals surface area contributed by atoms with Gasteiger partial charge in [-0.15, -0.1) is 0 Å². The van der Waals surface area contributed by atoms with Crippen LogP contribution in [0, 0.1) is 0 Å². The zero-order valence-electron chi connectivity index (χ0n) is 18.6. The van der Waals surface area contributed by atoms with Crippen LogP contribution in [0.4, 0.5) is 0 Å². The van der Waals surface area contributed by atoms with Gasteiger partial charge < -0.3 is 20.5 Å². The van der Waals surface area contributed by atoms with Crippen LogP contribution < -0.4 is 11.1 Å². The van der Waals surface area contributed by atoms with Gasteiger partial charge in [0.05, 0.1) is 18.2 Å². The molecule has 1 aliphatic rings. The van der Waals surface area contributed by atoms with E-state index in [0.29, 0.717) is 17.5 Å². The third-order valence-corrected chi connectivity index (χ3v) is 5.23. The summed E-state index contributed by atoms with van der Waals surface area (Å²) >= 11 is 0. The van der Waals surface area contributed by atoms with Crippen molar-refractivity contribution in [2.75, 3.05) is 19.7 Å². The average Bonchev–Trinajstić information content (AvgIpc) is 3.11. The highest BCUT2D eigenvalue weighted by Crippen LogP contribution is 2.29. The number of nitrogens with two attached hydrogens (primary N) is 1. The number of carbonyl (C=O) groups excluding carboxylic acids is 2. The molecule has 3 N–H and O–H groups in total. The molecule has 8 nitrogen and oxygen atoms in total. The second-order valence-electron chi connectivity index (χ2n) is 8.87. The average molecular weight is 437 g/mol. The van der Waals surface area contributed by atoms with E-state index in [4.69, 9.17) is 15.2 Å². The number of esters is 1. The third kappa shape index (κ3) is 4.81. The molecule has 2 heterocycles. The molecule has 0 spiro atoms. The quantitative estimate of drug-likeness (QED) is 0.596. The van der Waals surface area contributed by atoms with Gasteiger partial charge >= 0.3 is 5.97 Å². The zero-order valence-corrected chi connectivity index (χ0v) is 18.6. The van der Waals surface area contributed by atoms with E-state index in [1.54, 1.807) is 20.8 Å². The number of primary amides is 1. The molecule has 0 bridgehead atoms. The molecule has 1 aliphatic heterocycles. The van der Waals surface area contributed by atoms with E-state index >= 15 is 0 Å². The van der Waals surface area contributed by atoms with Crippen LogP contribution in [0.5, 0.6) is 0 Å². The molecule has 1 atom stereocenters. The maximum absolute atomic E-state index is 12.3. The molecule has 2 aromatic carbocycles. The van der Waals surface area contributed by atoms with Crippen molar-refractivity contribution in [3.8, 4) is 11.1 Å². The number of hydrogen-bond donors (Lipinski definition) is 2. The van der Waals surface area contributed by atoms with Gasteiger partial charge in [-0.2, -0.15) is 5.10 Å². The summed E-state index contributed by atoms with van der Waals surface area (Å²) in [5.41, 5.74) is 8.77. The Morgan fingerprint density at radius 1 is 1.19 bits per heavy atom. The molecule has 0 aliphatic carbocycles. The van der Waals surface area contributed by atoms with Crippen LogP contribution in [0.3, 0.4) is 0 Å². The highest BCUT2D eigenvalue weighted by Gasteiger charge is 2.21. The number of nitrogens with zero attached hydrogens (tertiary/aromatic N) is 2. The summed E-state index contributed by atoms with van der Waals surface area (Å²) in [6.45, 7) is 7.67. The lowest BCUT2D eigenvalue weighted by atomic mass is 10.00. The molecular weight excluding hydrogens is 408 g/mol. The molecule has 0 radical (unpaired) electrons. The van der Waals surface area contributed by atoms with Crippen molar-refractivity contribution in [1.29, 1.82) is 0 Å². The van der Waals surface area contributed by atoms with E-state index in [9.17, 15) is 9.59 Å². The van der Waals surface area contributed by atoms with Gasteiger partial charge in [-0.05, 0) is 49.6 Å². The molecule has 1 fully saturated rings. The van der Waals surface area contributed by atoms with Gasteiger partial charge in [-0.25, -0.2) is 0 Å². The van der Waals surface area contributed by atoms with Crippen molar-refractivity contribution >= 4 is 22.8 Å². The van der Waals surface area contributed by atoms with Crippen LogP contribution in [-0.4, -0.2) is 47.0 Å². The SMILES string of the molecule is CC(C)(C)OC(=O)Cn1nc(C(N)=O)c2cc(-c3ccc(C4CNCCO4)cc3)ccc21. The van der Waals surface area contributed by atoms with Crippen molar-refractivity contribution in [3.05, 3.63) is 53.7 Å². The fourth-order valence-corrected chi connectivity index (χ4v) is 3.83. The summed E-state index contributed by atoms with van der Waals surface area (Å²) in [5.74, 6) is -1.08. The summed E-state index contributed by atoms with van der Waals surface area (Å²) in [5, 5.41) is 8.22. The summed E-state index contributed by atoms with van der Waals surface area (Å²) in [4.78, 5) is 24.3. The summed E-state index contributed by atoms with van der Waals surface area (Å²) < 4.78 is 12.7. The lowest BCUT2D eigenvalue weighted by molar-refractivity contribution is -0.155. The number of morpholine rings is 1. The highest BCUT2D eigenvalue weighted by atomic mass is 16.6. The number of rotatable bonds is 5. The van der Waals surface area contributed by atoms with E-state index in [2.05, 4.69) is 22.5 Å². The molecule has 3 aromatic rings. The van der Waals surface area contributed by atoms with Gasteiger partial charge in [0.2, 0.25) is 0 Å². The third-order valence-electron chi connectivity index (χ3n) is 5.23. The molecule has 1 unspecified atom stereocenters. The first kappa shape index (κ1) is 22.0. The smallest absolute Gasteiger partial charge is 0.328 e. The van der Waals surface area contributed by atoms with E-state index in [1.807, 2.05) is 30.3 Å². The summed E-state index contributed by atoms with van der Waals surface area (Å²) in [7, 11) is 0. The number of hydrogen-bond acceptors (Lipinski definition) is 6. The molecule has 1 amide bonds. The first-order valence-electron chi connectivity index (χ1n) is 10.7. The van der Waals surface area contributed by atoms with E-state index < -0.39 is 17.5 Å². The predicted molar refractivity (Wildman–Crippen MR) is 121 cm³/mol. The molecule has 168 valence electrons. The Labute approximate surface area is 186 Å². The van der Waals surface area contributed by atoms with Crippen LogP contribution in [0.2, 0.25) is 0 Å². The molecule has 1 saturated heterocycles. The van der Waals surface area contributed by atoms with Crippen LogP contribution in [0.1, 0.15) is 42.9 Å². The van der Waals surface area contributed by atoms with Crippen molar-refractivity contribution < 1.29 is 19.1 Å². The fraction of sp³-hybridized carbons (Fsp3) is 0.375. The monoisotopic (exact) mass is 436 g/mol. The molecule has 8 heteroatoms. The number of amides is 1. The van der Waals surface area contributed by atoms with Gasteiger partial charge in [-0.1, -0.05) is 30.3 Å². The first-order valence-corrected chi connectivity index (χ1v) is 10.7. The van der Waals surface area contributed by atoms with Gasteiger partial charge in [0, 0.05) is 18.5 Å². The van der Waals surface area contributed by atoms with Crippen molar-refractivity contribution in [1.82, 2.24) is 15.1 Å². The van der Waals surface area contributed by atoms with Crippen molar-refractivity contribution in [2.24, 2.45) is 5.73 Å². The summed E-state index contributed by atoms with van der Waals surface area (Å²) in [6.07, 6.45) is 0.0489. The topological polar surface area (TPSA) is 108 Å². The second kappa shape index (κ2) is 8.72. The second-order valence-corrected chi connectivity index (χ2v) is 8.87. The number of benzene rings is 2. The Bertz CT molecular complexity index is 1140. The maximum atomic E-state index is 12.3. The minimum Gasteiger partial charge on any atom is -0.459 e. The van der Waals surface area contributed by atoms with Gasteiger partial charge in [0.25, 0.3) is 5.91 Å². The number of aromatic nitrogens is 2. The zero-order chi connectivity index (χ0) is 22.9. The minimum absolute atomic E-state index is 0.0489. The van der Waals surface area contributed by atoms with Gasteiger partial charge in [0.15, 0.2) is 5.69 Å². The minimum atomic E-state index is -0.646. The standard InChI is InChI=1S/C24H28N4O4/c1-24(2,3)32-21(29)14-28-19-9-8-17(12-18(19)22(27-28)23(25)30)15-4-6-16(7-5-15)20-13-26-10-11-31-20/h4-9,12,20,26H,10-11,13-14H2,1-3H3,(H2,25,30). The molecule has 32 heavy (non-hydrogen) atoms. The Balaban J connectivity index is 1.64. The molecule has 0 saturated carbocycles. The van der Waals surface area contributed by atoms with Crippen molar-refractivity contribution in [3.63, 3.8) is 0 Å². The van der Waals surface area contributed by atoms with E-state index in [-0.39, 0.29) is 18.3 Å².